The van der Waals surface area contributed by atoms with Crippen LogP contribution >= 0.6 is 27.5 Å². The van der Waals surface area contributed by atoms with E-state index in [9.17, 15) is 0 Å². The minimum atomic E-state index is 0.220. The van der Waals surface area contributed by atoms with Gasteiger partial charge in [0.25, 0.3) is 0 Å². The Hall–Kier alpha value is -0.410. The molecule has 0 saturated heterocycles. The number of rotatable bonds is 3. The highest BCUT2D eigenvalue weighted by Gasteiger charge is 2.24. The van der Waals surface area contributed by atoms with E-state index in [4.69, 9.17) is 21.1 Å². The van der Waals surface area contributed by atoms with Gasteiger partial charge in [0.15, 0.2) is 11.5 Å². The van der Waals surface area contributed by atoms with Crippen molar-refractivity contribution in [3.63, 3.8) is 0 Å². The van der Waals surface area contributed by atoms with Crippen LogP contribution in [-0.4, -0.2) is 13.2 Å². The maximum Gasteiger partial charge on any atom is 0.162 e. The van der Waals surface area contributed by atoms with Crippen LogP contribution in [0.25, 0.3) is 0 Å². The zero-order valence-electron chi connectivity index (χ0n) is 11.6. The summed E-state index contributed by atoms with van der Waals surface area (Å²) in [6.07, 6.45) is 0.905. The van der Waals surface area contributed by atoms with Gasteiger partial charge in [-0.15, -0.1) is 0 Å². The highest BCUT2D eigenvalue weighted by atomic mass is 79.9. The summed E-state index contributed by atoms with van der Waals surface area (Å²) in [6.45, 7) is 8.04. The van der Waals surface area contributed by atoms with E-state index < -0.39 is 0 Å². The molecule has 2 atom stereocenters. The maximum absolute atomic E-state index is 6.39. The third-order valence-electron chi connectivity index (χ3n) is 3.68. The number of fused-ring (bicyclic) bond motifs is 1. The van der Waals surface area contributed by atoms with Crippen LogP contribution < -0.4 is 9.47 Å². The Morgan fingerprint density at radius 1 is 1.11 bits per heavy atom. The van der Waals surface area contributed by atoms with E-state index in [0.717, 1.165) is 28.5 Å². The molecular weight excluding hydrogens is 328 g/mol. The molecule has 0 spiro atoms. The number of hydrogen-bond acceptors (Lipinski definition) is 2. The number of alkyl halides is 1. The van der Waals surface area contributed by atoms with E-state index in [1.54, 1.807) is 0 Å². The molecule has 0 N–H and O–H groups in total. The van der Waals surface area contributed by atoms with Crippen LogP contribution in [0.2, 0.25) is 5.02 Å². The molecule has 1 aromatic carbocycles. The number of benzene rings is 1. The van der Waals surface area contributed by atoms with Crippen molar-refractivity contribution in [2.24, 2.45) is 11.8 Å². The van der Waals surface area contributed by atoms with Crippen molar-refractivity contribution in [1.29, 1.82) is 0 Å². The van der Waals surface area contributed by atoms with Crippen molar-refractivity contribution < 1.29 is 9.47 Å². The molecule has 0 radical (unpaired) electrons. The van der Waals surface area contributed by atoms with Gasteiger partial charge in [-0.05, 0) is 23.5 Å². The van der Waals surface area contributed by atoms with Crippen LogP contribution in [0.4, 0.5) is 0 Å². The molecule has 0 aliphatic carbocycles. The Morgan fingerprint density at radius 3 is 2.26 bits per heavy atom. The zero-order chi connectivity index (χ0) is 14.0. The molecule has 0 bridgehead atoms. The molecule has 106 valence electrons. The quantitative estimate of drug-likeness (QED) is 0.697. The van der Waals surface area contributed by atoms with E-state index in [0.29, 0.717) is 25.0 Å². The van der Waals surface area contributed by atoms with Crippen molar-refractivity contribution in [3.8, 4) is 11.5 Å². The van der Waals surface area contributed by atoms with Crippen LogP contribution in [0.3, 0.4) is 0 Å². The van der Waals surface area contributed by atoms with Gasteiger partial charge in [0.2, 0.25) is 0 Å². The summed E-state index contributed by atoms with van der Waals surface area (Å²) < 4.78 is 11.4. The van der Waals surface area contributed by atoms with Crippen molar-refractivity contribution in [3.05, 3.63) is 22.7 Å². The first-order valence-electron chi connectivity index (χ1n) is 6.73. The van der Waals surface area contributed by atoms with Gasteiger partial charge in [-0.3, -0.25) is 0 Å². The van der Waals surface area contributed by atoms with Gasteiger partial charge in [-0.2, -0.15) is 0 Å². The smallest absolute Gasteiger partial charge is 0.162 e. The molecule has 1 aromatic rings. The minimum absolute atomic E-state index is 0.220. The van der Waals surface area contributed by atoms with E-state index in [1.165, 1.54) is 0 Å². The average molecular weight is 348 g/mol. The lowest BCUT2D eigenvalue weighted by Crippen LogP contribution is -2.11. The summed E-state index contributed by atoms with van der Waals surface area (Å²) in [4.78, 5) is 0.220. The molecule has 0 fully saturated rings. The molecular formula is C15H20BrClO2. The Bertz CT molecular complexity index is 448. The lowest BCUT2D eigenvalue weighted by molar-refractivity contribution is 0.297. The summed E-state index contributed by atoms with van der Waals surface area (Å²) in [5, 5.41) is 0.735. The average Bonchev–Trinajstić information content (AvgIpc) is 2.60. The normalized spacial score (nSPS) is 18.0. The standard InChI is InChI=1S/C15H20BrClO2/c1-9(2)10(3)15(16)11-7-13-14(8-12(11)17)19-6-4-5-18-13/h7-10,15H,4-6H2,1-3H3. The number of hydrogen-bond donors (Lipinski definition) is 0. The molecule has 1 heterocycles. The number of halogens is 2. The monoisotopic (exact) mass is 346 g/mol. The molecule has 2 unspecified atom stereocenters. The highest BCUT2D eigenvalue weighted by molar-refractivity contribution is 9.09. The van der Waals surface area contributed by atoms with Crippen LogP contribution in [0.5, 0.6) is 11.5 Å². The lowest BCUT2D eigenvalue weighted by atomic mass is 9.91. The maximum atomic E-state index is 6.39. The summed E-state index contributed by atoms with van der Waals surface area (Å²) >= 11 is 10.2. The van der Waals surface area contributed by atoms with Crippen LogP contribution in [-0.2, 0) is 0 Å². The fourth-order valence-corrected chi connectivity index (χ4v) is 3.42. The highest BCUT2D eigenvalue weighted by Crippen LogP contribution is 2.43. The van der Waals surface area contributed by atoms with Gasteiger partial charge in [0.1, 0.15) is 0 Å². The summed E-state index contributed by atoms with van der Waals surface area (Å²) in [5.41, 5.74) is 1.08. The van der Waals surface area contributed by atoms with E-state index in [1.807, 2.05) is 12.1 Å². The second-order valence-electron chi connectivity index (χ2n) is 5.38. The molecule has 1 aliphatic rings. The Balaban J connectivity index is 2.33. The molecule has 0 amide bonds. The summed E-state index contributed by atoms with van der Waals surface area (Å²) in [7, 11) is 0. The van der Waals surface area contributed by atoms with Crippen molar-refractivity contribution in [2.75, 3.05) is 13.2 Å². The molecule has 0 aromatic heterocycles. The molecule has 0 saturated carbocycles. The van der Waals surface area contributed by atoms with Crippen LogP contribution in [0, 0.1) is 11.8 Å². The van der Waals surface area contributed by atoms with E-state index in [2.05, 4.69) is 36.7 Å². The summed E-state index contributed by atoms with van der Waals surface area (Å²) in [5.74, 6) is 2.62. The Labute approximate surface area is 128 Å². The first kappa shape index (κ1) is 15.0. The van der Waals surface area contributed by atoms with Crippen LogP contribution in [0.1, 0.15) is 37.6 Å². The predicted molar refractivity (Wildman–Crippen MR) is 82.7 cm³/mol. The molecule has 2 nitrogen and oxygen atoms in total. The van der Waals surface area contributed by atoms with Gasteiger partial charge < -0.3 is 9.47 Å². The number of ether oxygens (including phenoxy) is 2. The van der Waals surface area contributed by atoms with Crippen molar-refractivity contribution in [2.45, 2.75) is 32.0 Å². The van der Waals surface area contributed by atoms with Crippen molar-refractivity contribution in [1.82, 2.24) is 0 Å². The molecule has 1 aliphatic heterocycles. The van der Waals surface area contributed by atoms with Gasteiger partial charge in [0.05, 0.1) is 13.2 Å². The van der Waals surface area contributed by atoms with Crippen molar-refractivity contribution >= 4 is 27.5 Å². The summed E-state index contributed by atoms with van der Waals surface area (Å²) in [6, 6.07) is 3.89. The second-order valence-corrected chi connectivity index (χ2v) is 6.77. The third kappa shape index (κ3) is 3.38. The Morgan fingerprint density at radius 2 is 1.68 bits per heavy atom. The SMILES string of the molecule is CC(C)C(C)C(Br)c1cc2c(cc1Cl)OCCCO2. The van der Waals surface area contributed by atoms with Gasteiger partial charge in [0, 0.05) is 22.3 Å². The minimum Gasteiger partial charge on any atom is -0.490 e. The van der Waals surface area contributed by atoms with Gasteiger partial charge >= 0.3 is 0 Å². The molecule has 4 heteroatoms. The van der Waals surface area contributed by atoms with Crippen LogP contribution in [0.15, 0.2) is 12.1 Å². The first-order chi connectivity index (χ1) is 9.00. The zero-order valence-corrected chi connectivity index (χ0v) is 13.9. The van der Waals surface area contributed by atoms with Gasteiger partial charge in [-0.25, -0.2) is 0 Å². The fraction of sp³-hybridized carbons (Fsp3) is 0.600. The Kier molecular flexibility index (Phi) is 5.02. The van der Waals surface area contributed by atoms with E-state index >= 15 is 0 Å². The first-order valence-corrected chi connectivity index (χ1v) is 8.03. The third-order valence-corrected chi connectivity index (χ3v) is 5.33. The second kappa shape index (κ2) is 6.36. The van der Waals surface area contributed by atoms with E-state index in [-0.39, 0.29) is 4.83 Å². The fourth-order valence-electron chi connectivity index (χ4n) is 2.03. The largest absolute Gasteiger partial charge is 0.490 e. The molecule has 2 rings (SSSR count). The topological polar surface area (TPSA) is 18.5 Å². The molecule has 19 heavy (non-hydrogen) atoms. The predicted octanol–water partition coefficient (Wildman–Crippen LogP) is 5.23. The van der Waals surface area contributed by atoms with Gasteiger partial charge in [-0.1, -0.05) is 48.3 Å². The lowest BCUT2D eigenvalue weighted by Gasteiger charge is -2.24.